The van der Waals surface area contributed by atoms with Gasteiger partial charge in [-0.2, -0.15) is 0 Å². The van der Waals surface area contributed by atoms with Crippen LogP contribution in [0.15, 0.2) is 48.5 Å². The van der Waals surface area contributed by atoms with Crippen LogP contribution in [-0.2, 0) is 20.8 Å². The molecule has 2 heterocycles. The van der Waals surface area contributed by atoms with Gasteiger partial charge in [-0.05, 0) is 60.7 Å². The maximum absolute atomic E-state index is 13.2. The lowest BCUT2D eigenvalue weighted by atomic mass is 9.93. The van der Waals surface area contributed by atoms with Crippen LogP contribution in [0.25, 0.3) is 0 Å². The molecule has 0 unspecified atom stereocenters. The molecule has 35 heavy (non-hydrogen) atoms. The van der Waals surface area contributed by atoms with Crippen LogP contribution >= 0.6 is 0 Å². The third-order valence-corrected chi connectivity index (χ3v) is 7.00. The Balaban J connectivity index is 1.37. The van der Waals surface area contributed by atoms with Crippen LogP contribution in [0.5, 0.6) is 5.75 Å². The Bertz CT molecular complexity index is 983. The molecule has 2 fully saturated rings. The number of carbonyl (C=O) groups is 2. The van der Waals surface area contributed by atoms with E-state index in [1.54, 1.807) is 26.2 Å². The van der Waals surface area contributed by atoms with Gasteiger partial charge in [0.15, 0.2) is 6.29 Å². The van der Waals surface area contributed by atoms with E-state index in [4.69, 9.17) is 14.2 Å². The van der Waals surface area contributed by atoms with Crippen LogP contribution in [0, 0.1) is 5.92 Å². The van der Waals surface area contributed by atoms with Gasteiger partial charge in [0.1, 0.15) is 5.75 Å². The van der Waals surface area contributed by atoms with Crippen molar-refractivity contribution in [3.8, 4) is 5.75 Å². The molecule has 2 saturated heterocycles. The van der Waals surface area contributed by atoms with Crippen LogP contribution in [0.1, 0.15) is 31.2 Å². The second-order valence-electron chi connectivity index (χ2n) is 9.10. The number of hydrogen-bond donors (Lipinski definition) is 0. The molecule has 2 aromatic carbocycles. The molecule has 0 aromatic heterocycles. The minimum absolute atomic E-state index is 0.135. The number of imide groups is 1. The van der Waals surface area contributed by atoms with Crippen molar-refractivity contribution in [2.45, 2.75) is 38.5 Å². The van der Waals surface area contributed by atoms with Gasteiger partial charge in [0.2, 0.25) is 5.91 Å². The van der Waals surface area contributed by atoms with Gasteiger partial charge in [0, 0.05) is 58.1 Å². The molecule has 0 aliphatic carbocycles. The molecule has 4 rings (SSSR count). The fraction of sp³-hybridized carbons (Fsp3) is 0.481. The lowest BCUT2D eigenvalue weighted by molar-refractivity contribution is -0.129. The minimum Gasteiger partial charge on any atom is -0.497 e. The Morgan fingerprint density at radius 1 is 0.857 bits per heavy atom. The van der Waals surface area contributed by atoms with Gasteiger partial charge < -0.3 is 19.1 Å². The highest BCUT2D eigenvalue weighted by Gasteiger charge is 2.33. The normalized spacial score (nSPS) is 17.4. The molecule has 2 aromatic rings. The summed E-state index contributed by atoms with van der Waals surface area (Å²) in [5.41, 5.74) is 2.84. The summed E-state index contributed by atoms with van der Waals surface area (Å²) in [5.74, 6) is 1.19. The number of methoxy groups -OCH3 is 3. The zero-order valence-electron chi connectivity index (χ0n) is 20.8. The fourth-order valence-corrected chi connectivity index (χ4v) is 4.83. The molecular formula is C27H35N3O5. The first-order chi connectivity index (χ1) is 17.0. The van der Waals surface area contributed by atoms with Crippen molar-refractivity contribution >= 4 is 23.3 Å². The smallest absolute Gasteiger partial charge is 0.331 e. The SMILES string of the molecule is COc1ccc(CN2C(=O)CCN(c3ccc(N4CCC(CC(OC)OC)CC4)cc3)C2=O)cc1. The maximum atomic E-state index is 13.2. The third-order valence-electron chi connectivity index (χ3n) is 7.00. The lowest BCUT2D eigenvalue weighted by Gasteiger charge is -2.36. The summed E-state index contributed by atoms with van der Waals surface area (Å²) in [4.78, 5) is 31.1. The average Bonchev–Trinajstić information content (AvgIpc) is 2.90. The zero-order valence-corrected chi connectivity index (χ0v) is 20.8. The van der Waals surface area contributed by atoms with Crippen LogP contribution in [0.3, 0.4) is 0 Å². The summed E-state index contributed by atoms with van der Waals surface area (Å²) in [5, 5.41) is 0. The number of rotatable bonds is 9. The van der Waals surface area contributed by atoms with E-state index in [1.807, 2.05) is 36.4 Å². The van der Waals surface area contributed by atoms with E-state index in [2.05, 4.69) is 17.0 Å². The lowest BCUT2D eigenvalue weighted by Crippen LogP contribution is -2.52. The summed E-state index contributed by atoms with van der Waals surface area (Å²) in [7, 11) is 4.98. The van der Waals surface area contributed by atoms with Gasteiger partial charge in [-0.15, -0.1) is 0 Å². The Morgan fingerprint density at radius 3 is 2.09 bits per heavy atom. The number of hydrogen-bond acceptors (Lipinski definition) is 6. The van der Waals surface area contributed by atoms with Gasteiger partial charge in [-0.1, -0.05) is 12.1 Å². The Hall–Kier alpha value is -3.10. The van der Waals surface area contributed by atoms with Crippen molar-refractivity contribution in [3.05, 3.63) is 54.1 Å². The molecule has 3 amide bonds. The zero-order chi connectivity index (χ0) is 24.8. The van der Waals surface area contributed by atoms with Gasteiger partial charge in [-0.3, -0.25) is 14.6 Å². The Labute approximate surface area is 207 Å². The van der Waals surface area contributed by atoms with Crippen molar-refractivity contribution in [3.63, 3.8) is 0 Å². The molecule has 0 saturated carbocycles. The summed E-state index contributed by atoms with van der Waals surface area (Å²) in [6.07, 6.45) is 3.28. The van der Waals surface area contributed by atoms with Crippen molar-refractivity contribution < 1.29 is 23.8 Å². The number of piperidine rings is 1. The van der Waals surface area contributed by atoms with E-state index in [0.29, 0.717) is 18.9 Å². The highest BCUT2D eigenvalue weighted by Crippen LogP contribution is 2.29. The van der Waals surface area contributed by atoms with Gasteiger partial charge >= 0.3 is 6.03 Å². The molecule has 188 valence electrons. The van der Waals surface area contributed by atoms with Crippen LogP contribution in [0.4, 0.5) is 16.2 Å². The third kappa shape index (κ3) is 5.94. The van der Waals surface area contributed by atoms with E-state index < -0.39 is 0 Å². The van der Waals surface area contributed by atoms with Crippen LogP contribution in [-0.4, -0.2) is 64.1 Å². The molecule has 0 bridgehead atoms. The van der Waals surface area contributed by atoms with E-state index >= 15 is 0 Å². The first-order valence-electron chi connectivity index (χ1n) is 12.2. The molecule has 2 aliphatic heterocycles. The van der Waals surface area contributed by atoms with E-state index in [1.165, 1.54) is 4.90 Å². The van der Waals surface area contributed by atoms with E-state index in [0.717, 1.165) is 55.0 Å². The van der Waals surface area contributed by atoms with Crippen molar-refractivity contribution in [1.82, 2.24) is 4.90 Å². The molecule has 2 aliphatic rings. The van der Waals surface area contributed by atoms with Crippen molar-refractivity contribution in [2.24, 2.45) is 5.92 Å². The van der Waals surface area contributed by atoms with E-state index in [-0.39, 0.29) is 24.8 Å². The average molecular weight is 482 g/mol. The summed E-state index contributed by atoms with van der Waals surface area (Å²) < 4.78 is 15.9. The van der Waals surface area contributed by atoms with Crippen LogP contribution < -0.4 is 14.5 Å². The minimum atomic E-state index is -0.281. The number of urea groups is 1. The highest BCUT2D eigenvalue weighted by atomic mass is 16.7. The van der Waals surface area contributed by atoms with Gasteiger partial charge in [0.05, 0.1) is 13.7 Å². The maximum Gasteiger partial charge on any atom is 0.331 e. The molecule has 8 nitrogen and oxygen atoms in total. The summed E-state index contributed by atoms with van der Waals surface area (Å²) >= 11 is 0. The largest absolute Gasteiger partial charge is 0.497 e. The molecule has 0 atom stereocenters. The number of carbonyl (C=O) groups excluding carboxylic acids is 2. The second-order valence-corrected chi connectivity index (χ2v) is 9.10. The first-order valence-corrected chi connectivity index (χ1v) is 12.2. The quantitative estimate of drug-likeness (QED) is 0.498. The number of nitrogens with zero attached hydrogens (tertiary/aromatic N) is 3. The first kappa shape index (κ1) is 25.0. The topological polar surface area (TPSA) is 71.6 Å². The van der Waals surface area contributed by atoms with Crippen molar-refractivity contribution in [2.75, 3.05) is 50.8 Å². The molecule has 8 heteroatoms. The summed E-state index contributed by atoms with van der Waals surface area (Å²) in [6, 6.07) is 15.2. The molecule has 0 spiro atoms. The molecular weight excluding hydrogens is 446 g/mol. The molecule has 0 radical (unpaired) electrons. The summed E-state index contributed by atoms with van der Waals surface area (Å²) in [6.45, 7) is 2.60. The fourth-order valence-electron chi connectivity index (χ4n) is 4.83. The predicted octanol–water partition coefficient (Wildman–Crippen LogP) is 4.28. The number of ether oxygens (including phenoxy) is 3. The Morgan fingerprint density at radius 2 is 1.49 bits per heavy atom. The van der Waals surface area contributed by atoms with Crippen molar-refractivity contribution in [1.29, 1.82) is 0 Å². The van der Waals surface area contributed by atoms with Gasteiger partial charge in [0.25, 0.3) is 0 Å². The van der Waals surface area contributed by atoms with Crippen LogP contribution in [0.2, 0.25) is 0 Å². The standard InChI is InChI=1S/C27H35N3O5/c1-33-24-10-4-21(5-11-24)19-30-25(31)14-17-29(27(30)32)23-8-6-22(7-9-23)28-15-12-20(13-16-28)18-26(34-2)35-3/h4-11,20,26H,12-19H2,1-3H3. The number of amides is 3. The van der Waals surface area contributed by atoms with Gasteiger partial charge in [-0.25, -0.2) is 4.79 Å². The number of anilines is 2. The number of benzene rings is 2. The monoisotopic (exact) mass is 481 g/mol. The highest BCUT2D eigenvalue weighted by molar-refractivity contribution is 6.05. The predicted molar refractivity (Wildman–Crippen MR) is 135 cm³/mol. The second kappa shape index (κ2) is 11.6. The molecule has 0 N–H and O–H groups in total. The van der Waals surface area contributed by atoms with E-state index in [9.17, 15) is 9.59 Å². The Kier molecular flexibility index (Phi) is 8.25.